The van der Waals surface area contributed by atoms with Crippen molar-refractivity contribution >= 4 is 41.4 Å². The first kappa shape index (κ1) is 25.5. The second-order valence-electron chi connectivity index (χ2n) is 8.04. The van der Waals surface area contributed by atoms with Gasteiger partial charge in [0.2, 0.25) is 0 Å². The van der Waals surface area contributed by atoms with Crippen LogP contribution in [0.2, 0.25) is 0 Å². The molecule has 0 rings (SSSR count). The molecular formula is C18H29Cl2NO6. The van der Waals surface area contributed by atoms with Gasteiger partial charge in [0, 0.05) is 0 Å². The molecule has 0 heterocycles. The van der Waals surface area contributed by atoms with Crippen molar-refractivity contribution in [2.75, 3.05) is 7.11 Å². The van der Waals surface area contributed by atoms with Gasteiger partial charge in [-0.05, 0) is 53.9 Å². The van der Waals surface area contributed by atoms with Gasteiger partial charge >= 0.3 is 18.2 Å². The summed E-state index contributed by atoms with van der Waals surface area (Å²) in [6.45, 7) is 11.6. The summed E-state index contributed by atoms with van der Waals surface area (Å²) >= 11 is 11.3. The van der Waals surface area contributed by atoms with E-state index in [1.807, 2.05) is 0 Å². The fraction of sp³-hybridized carbons (Fsp3) is 0.722. The Balaban J connectivity index is 5.95. The third-order valence-corrected chi connectivity index (χ3v) is 3.22. The van der Waals surface area contributed by atoms with Gasteiger partial charge in [-0.2, -0.15) is 4.90 Å². The standard InChI is InChI=1S/C18H29Cl2NO6/c1-11(10-13(19)20)9-12(14(22)25-8)21(15(23)26-17(2,3)4)16(24)27-18(5,6)7/h10-12H,9H2,1-8H3/t11-,12-/m0/s1. The van der Waals surface area contributed by atoms with Crippen molar-refractivity contribution in [2.45, 2.75) is 72.1 Å². The molecular weight excluding hydrogens is 397 g/mol. The maximum Gasteiger partial charge on any atom is 0.420 e. The molecule has 0 unspecified atom stereocenters. The number of esters is 1. The lowest BCUT2D eigenvalue weighted by Crippen LogP contribution is -2.52. The number of methoxy groups -OCH3 is 1. The number of imide groups is 1. The van der Waals surface area contributed by atoms with Gasteiger partial charge in [0.05, 0.1) is 7.11 Å². The minimum atomic E-state index is -1.28. The first-order valence-electron chi connectivity index (χ1n) is 8.43. The fourth-order valence-corrected chi connectivity index (χ4v) is 2.46. The predicted molar refractivity (Wildman–Crippen MR) is 104 cm³/mol. The van der Waals surface area contributed by atoms with Gasteiger partial charge in [0.15, 0.2) is 0 Å². The van der Waals surface area contributed by atoms with E-state index < -0.39 is 35.4 Å². The average Bonchev–Trinajstić information content (AvgIpc) is 2.40. The number of nitrogens with zero attached hydrogens (tertiary/aromatic N) is 1. The number of halogens is 2. The molecule has 0 saturated carbocycles. The molecule has 0 radical (unpaired) electrons. The first-order chi connectivity index (χ1) is 12.1. The SMILES string of the molecule is COC(=O)[C@H](C[C@H](C)C=C(Cl)Cl)N(C(=O)OC(C)(C)C)C(=O)OC(C)(C)C. The van der Waals surface area contributed by atoms with E-state index in [9.17, 15) is 14.4 Å². The van der Waals surface area contributed by atoms with Gasteiger partial charge in [0.25, 0.3) is 0 Å². The van der Waals surface area contributed by atoms with Crippen LogP contribution in [0, 0.1) is 5.92 Å². The van der Waals surface area contributed by atoms with Crippen LogP contribution in [0.3, 0.4) is 0 Å². The molecule has 7 nitrogen and oxygen atoms in total. The molecule has 0 spiro atoms. The Kier molecular flexibility index (Phi) is 9.62. The van der Waals surface area contributed by atoms with Crippen LogP contribution in [0.5, 0.6) is 0 Å². The molecule has 0 bridgehead atoms. The van der Waals surface area contributed by atoms with Gasteiger partial charge < -0.3 is 14.2 Å². The lowest BCUT2D eigenvalue weighted by molar-refractivity contribution is -0.147. The monoisotopic (exact) mass is 425 g/mol. The van der Waals surface area contributed by atoms with E-state index in [2.05, 4.69) is 0 Å². The molecule has 2 amide bonds. The fourth-order valence-electron chi connectivity index (χ4n) is 2.03. The van der Waals surface area contributed by atoms with Crippen LogP contribution in [-0.2, 0) is 19.0 Å². The summed E-state index contributed by atoms with van der Waals surface area (Å²) < 4.78 is 15.4. The third-order valence-electron chi connectivity index (χ3n) is 2.97. The van der Waals surface area contributed by atoms with E-state index >= 15 is 0 Å². The molecule has 0 aliphatic heterocycles. The summed E-state index contributed by atoms with van der Waals surface area (Å²) in [5, 5.41) is 0. The molecule has 0 aromatic rings. The Morgan fingerprint density at radius 1 is 0.963 bits per heavy atom. The average molecular weight is 426 g/mol. The normalized spacial score (nSPS) is 13.9. The van der Waals surface area contributed by atoms with Crippen LogP contribution >= 0.6 is 23.2 Å². The number of hydrogen-bond acceptors (Lipinski definition) is 6. The number of allylic oxidation sites excluding steroid dienone is 1. The third kappa shape index (κ3) is 10.4. The molecule has 27 heavy (non-hydrogen) atoms. The van der Waals surface area contributed by atoms with E-state index in [4.69, 9.17) is 37.4 Å². The van der Waals surface area contributed by atoms with Gasteiger partial charge in [-0.25, -0.2) is 14.4 Å². The number of ether oxygens (including phenoxy) is 3. The zero-order valence-electron chi connectivity index (χ0n) is 17.1. The highest BCUT2D eigenvalue weighted by molar-refractivity contribution is 6.55. The smallest absolute Gasteiger partial charge is 0.420 e. The van der Waals surface area contributed by atoms with Crippen LogP contribution in [0.4, 0.5) is 9.59 Å². The van der Waals surface area contributed by atoms with Crippen molar-refractivity contribution in [1.29, 1.82) is 0 Å². The highest BCUT2D eigenvalue weighted by atomic mass is 35.5. The minimum absolute atomic E-state index is 0.00667. The first-order valence-corrected chi connectivity index (χ1v) is 9.19. The lowest BCUT2D eigenvalue weighted by Gasteiger charge is -2.32. The summed E-state index contributed by atoms with van der Waals surface area (Å²) in [7, 11) is 1.16. The Morgan fingerprint density at radius 2 is 1.37 bits per heavy atom. The van der Waals surface area contributed by atoms with E-state index in [1.54, 1.807) is 48.5 Å². The number of carbonyl (C=O) groups is 3. The minimum Gasteiger partial charge on any atom is -0.467 e. The summed E-state index contributed by atoms with van der Waals surface area (Å²) in [4.78, 5) is 38.3. The maximum absolute atomic E-state index is 12.7. The van der Waals surface area contributed by atoms with E-state index in [1.165, 1.54) is 6.08 Å². The van der Waals surface area contributed by atoms with Crippen molar-refractivity contribution in [3.05, 3.63) is 10.6 Å². The molecule has 0 N–H and O–H groups in total. The van der Waals surface area contributed by atoms with Crippen molar-refractivity contribution < 1.29 is 28.6 Å². The summed E-state index contributed by atoms with van der Waals surface area (Å²) in [6.07, 6.45) is -0.518. The molecule has 0 fully saturated rings. The van der Waals surface area contributed by atoms with Gasteiger partial charge in [-0.15, -0.1) is 0 Å². The predicted octanol–water partition coefficient (Wildman–Crippen LogP) is 5.05. The van der Waals surface area contributed by atoms with Crippen molar-refractivity contribution in [1.82, 2.24) is 4.90 Å². The summed E-state index contributed by atoms with van der Waals surface area (Å²) in [5.41, 5.74) is -1.77. The van der Waals surface area contributed by atoms with Crippen LogP contribution in [0.25, 0.3) is 0 Å². The van der Waals surface area contributed by atoms with Gasteiger partial charge in [-0.1, -0.05) is 36.2 Å². The number of hydrogen-bond donors (Lipinski definition) is 0. The second-order valence-corrected chi connectivity index (χ2v) is 9.05. The number of carbonyl (C=O) groups excluding carboxylic acids is 3. The molecule has 0 aliphatic rings. The highest BCUT2D eigenvalue weighted by Gasteiger charge is 2.41. The van der Waals surface area contributed by atoms with Crippen LogP contribution in [-0.4, -0.2) is 47.4 Å². The summed E-state index contributed by atoms with van der Waals surface area (Å²) in [5.74, 6) is -1.14. The zero-order valence-corrected chi connectivity index (χ0v) is 18.6. The second kappa shape index (κ2) is 10.2. The Labute approximate surface area is 170 Å². The molecule has 0 aromatic carbocycles. The van der Waals surface area contributed by atoms with E-state index in [-0.39, 0.29) is 16.8 Å². The van der Waals surface area contributed by atoms with E-state index in [0.29, 0.717) is 4.90 Å². The molecule has 0 aliphatic carbocycles. The Morgan fingerprint density at radius 3 is 1.67 bits per heavy atom. The van der Waals surface area contributed by atoms with E-state index in [0.717, 1.165) is 7.11 Å². The molecule has 2 atom stereocenters. The largest absolute Gasteiger partial charge is 0.467 e. The molecule has 156 valence electrons. The van der Waals surface area contributed by atoms with Crippen LogP contribution in [0.15, 0.2) is 10.6 Å². The quantitative estimate of drug-likeness (QED) is 0.452. The molecule has 0 saturated heterocycles. The summed E-state index contributed by atoms with van der Waals surface area (Å²) in [6, 6.07) is -1.28. The van der Waals surface area contributed by atoms with Crippen LogP contribution in [0.1, 0.15) is 54.9 Å². The zero-order chi connectivity index (χ0) is 21.6. The van der Waals surface area contributed by atoms with Crippen molar-refractivity contribution in [3.8, 4) is 0 Å². The molecule has 0 aromatic heterocycles. The molecule has 9 heteroatoms. The Bertz CT molecular complexity index is 545. The van der Waals surface area contributed by atoms with Gasteiger partial charge in [0.1, 0.15) is 21.7 Å². The van der Waals surface area contributed by atoms with Crippen molar-refractivity contribution in [2.24, 2.45) is 5.92 Å². The highest BCUT2D eigenvalue weighted by Crippen LogP contribution is 2.23. The van der Waals surface area contributed by atoms with Crippen LogP contribution < -0.4 is 0 Å². The Hall–Kier alpha value is -1.47. The van der Waals surface area contributed by atoms with Gasteiger partial charge in [-0.3, -0.25) is 0 Å². The lowest BCUT2D eigenvalue weighted by atomic mass is 10.0. The number of amides is 2. The van der Waals surface area contributed by atoms with Crippen molar-refractivity contribution in [3.63, 3.8) is 0 Å². The number of rotatable bonds is 5. The topological polar surface area (TPSA) is 82.1 Å². The maximum atomic E-state index is 12.7.